The fraction of sp³-hybridized carbons (Fsp3) is 0.400. The van der Waals surface area contributed by atoms with Crippen LogP contribution in [0, 0.1) is 13.8 Å². The van der Waals surface area contributed by atoms with Crippen molar-refractivity contribution in [3.63, 3.8) is 0 Å². The van der Waals surface area contributed by atoms with E-state index in [0.717, 1.165) is 28.4 Å². The van der Waals surface area contributed by atoms with Gasteiger partial charge in [0.15, 0.2) is 0 Å². The van der Waals surface area contributed by atoms with Crippen molar-refractivity contribution >= 4 is 38.2 Å². The van der Waals surface area contributed by atoms with Crippen molar-refractivity contribution in [3.05, 3.63) is 63.3 Å². The third-order valence-electron chi connectivity index (χ3n) is 6.35. The number of thiophene rings is 1. The zero-order valence-corrected chi connectivity index (χ0v) is 22.8. The van der Waals surface area contributed by atoms with Crippen molar-refractivity contribution in [2.45, 2.75) is 45.6 Å². The number of carbonyl (C=O) groups is 2. The molecule has 3 aromatic rings. The molecule has 192 valence electrons. The zero-order valence-electron chi connectivity index (χ0n) is 21.2. The van der Waals surface area contributed by atoms with Crippen molar-refractivity contribution in [2.24, 2.45) is 0 Å². The molecule has 9 nitrogen and oxygen atoms in total. The number of fused-ring (bicyclic) bond motifs is 1. The normalized spacial score (nSPS) is 14.2. The van der Waals surface area contributed by atoms with Gasteiger partial charge >= 0.3 is 0 Å². The second kappa shape index (κ2) is 10.3. The van der Waals surface area contributed by atoms with Crippen LogP contribution in [0.5, 0.6) is 0 Å². The Morgan fingerprint density at radius 2 is 1.81 bits per heavy atom. The fourth-order valence-electron chi connectivity index (χ4n) is 4.45. The maximum atomic E-state index is 13.6. The number of likely N-dealkylation sites (N-methyl/N-ethyl adjacent to an activating group) is 1. The molecule has 0 spiro atoms. The molecule has 1 aromatic carbocycles. The molecular formula is C25H31N5O4S2. The van der Waals surface area contributed by atoms with E-state index in [-0.39, 0.29) is 10.8 Å². The molecule has 11 heteroatoms. The van der Waals surface area contributed by atoms with Crippen LogP contribution in [0.15, 0.2) is 35.2 Å². The summed E-state index contributed by atoms with van der Waals surface area (Å²) < 4.78 is 28.3. The second-order valence-corrected chi connectivity index (χ2v) is 12.0. The first-order chi connectivity index (χ1) is 17.1. The molecular weight excluding hydrogens is 498 g/mol. The number of aryl methyl sites for hydroxylation is 2. The predicted molar refractivity (Wildman–Crippen MR) is 140 cm³/mol. The smallest absolute Gasteiger partial charge is 0.281 e. The van der Waals surface area contributed by atoms with Gasteiger partial charge in [0.2, 0.25) is 10.0 Å². The maximum Gasteiger partial charge on any atom is 0.281 e. The highest BCUT2D eigenvalue weighted by Gasteiger charge is 2.30. The molecule has 0 unspecified atom stereocenters. The Labute approximate surface area is 215 Å². The lowest BCUT2D eigenvalue weighted by molar-refractivity contribution is 0.0942. The third kappa shape index (κ3) is 4.88. The van der Waals surface area contributed by atoms with E-state index in [4.69, 9.17) is 0 Å². The number of amides is 1. The predicted octanol–water partition coefficient (Wildman–Crippen LogP) is 3.52. The minimum absolute atomic E-state index is 0.137. The number of benzene rings is 1. The van der Waals surface area contributed by atoms with Gasteiger partial charge in [-0.25, -0.2) is 13.1 Å². The van der Waals surface area contributed by atoms with Crippen LogP contribution in [-0.4, -0.2) is 65.9 Å². The van der Waals surface area contributed by atoms with Gasteiger partial charge in [0.25, 0.3) is 11.8 Å². The number of anilines is 1. The first-order valence-corrected chi connectivity index (χ1v) is 14.1. The summed E-state index contributed by atoms with van der Waals surface area (Å²) in [7, 11) is -1.59. The number of sulfonamides is 1. The molecule has 0 aliphatic carbocycles. The lowest BCUT2D eigenvalue weighted by atomic mass is 10.0. The molecule has 3 heterocycles. The third-order valence-corrected chi connectivity index (χ3v) is 9.55. The van der Waals surface area contributed by atoms with E-state index in [1.807, 2.05) is 27.0 Å². The van der Waals surface area contributed by atoms with Crippen LogP contribution in [0.25, 0.3) is 0 Å². The van der Waals surface area contributed by atoms with Gasteiger partial charge in [-0.3, -0.25) is 9.59 Å². The van der Waals surface area contributed by atoms with E-state index in [2.05, 4.69) is 15.3 Å². The number of aromatic nitrogens is 2. The number of nitrogens with zero attached hydrogens (tertiary/aromatic N) is 4. The minimum Gasteiger partial charge on any atom is -0.313 e. The summed E-state index contributed by atoms with van der Waals surface area (Å²) in [6.07, 6.45) is 0.705. The molecule has 0 saturated carbocycles. The number of carbonyl (C=O) groups excluding carboxylic acids is 2. The van der Waals surface area contributed by atoms with E-state index in [1.165, 1.54) is 44.6 Å². The fourth-order valence-corrected chi connectivity index (χ4v) is 7.23. The molecule has 4 rings (SSSR count). The number of nitrogens with one attached hydrogen (secondary N) is 1. The van der Waals surface area contributed by atoms with Gasteiger partial charge < -0.3 is 10.2 Å². The Kier molecular flexibility index (Phi) is 7.46. The Morgan fingerprint density at radius 1 is 1.14 bits per heavy atom. The second-order valence-electron chi connectivity index (χ2n) is 8.91. The summed E-state index contributed by atoms with van der Waals surface area (Å²) in [5, 5.41) is 7.76. The molecule has 0 fully saturated rings. The number of hydrogen-bond donors (Lipinski definition) is 1. The Morgan fingerprint density at radius 3 is 2.39 bits per heavy atom. The number of rotatable bonds is 7. The maximum absolute atomic E-state index is 13.6. The summed E-state index contributed by atoms with van der Waals surface area (Å²) in [5.41, 5.74) is 3.21. The molecule has 1 aliphatic rings. The van der Waals surface area contributed by atoms with Gasteiger partial charge in [-0.1, -0.05) is 13.8 Å². The first kappa shape index (κ1) is 26.2. The Bertz CT molecular complexity index is 1400. The van der Waals surface area contributed by atoms with Crippen molar-refractivity contribution in [1.29, 1.82) is 0 Å². The number of hydrogen-bond acceptors (Lipinski definition) is 7. The van der Waals surface area contributed by atoms with Gasteiger partial charge in [0.05, 0.1) is 16.2 Å². The quantitative estimate of drug-likeness (QED) is 0.502. The highest BCUT2D eigenvalue weighted by Crippen LogP contribution is 2.38. The zero-order chi connectivity index (χ0) is 26.2. The summed E-state index contributed by atoms with van der Waals surface area (Å²) in [5.74, 6) is -0.672. The minimum atomic E-state index is -3.62. The van der Waals surface area contributed by atoms with Gasteiger partial charge in [-0.05, 0) is 63.2 Å². The molecule has 0 saturated heterocycles. The van der Waals surface area contributed by atoms with Gasteiger partial charge in [-0.2, -0.15) is 9.40 Å². The molecule has 2 aromatic heterocycles. The van der Waals surface area contributed by atoms with Gasteiger partial charge in [0, 0.05) is 42.3 Å². The summed E-state index contributed by atoms with van der Waals surface area (Å²) in [6.45, 7) is 9.48. The molecule has 1 aliphatic heterocycles. The van der Waals surface area contributed by atoms with E-state index in [9.17, 15) is 18.0 Å². The van der Waals surface area contributed by atoms with E-state index in [0.29, 0.717) is 42.2 Å². The lowest BCUT2D eigenvalue weighted by Gasteiger charge is -2.22. The summed E-state index contributed by atoms with van der Waals surface area (Å²) in [6, 6.07) is 7.72. The van der Waals surface area contributed by atoms with Crippen LogP contribution < -0.4 is 5.32 Å². The van der Waals surface area contributed by atoms with Crippen molar-refractivity contribution < 1.29 is 18.0 Å². The first-order valence-electron chi connectivity index (χ1n) is 11.9. The van der Waals surface area contributed by atoms with Crippen LogP contribution >= 0.6 is 11.3 Å². The summed E-state index contributed by atoms with van der Waals surface area (Å²) >= 11 is 1.40. The topological polar surface area (TPSA) is 105 Å². The lowest BCUT2D eigenvalue weighted by Crippen LogP contribution is -2.30. The Balaban J connectivity index is 1.66. The SMILES string of the molecule is CCN(CC)S(=O)(=O)c1ccc(C(=O)Nc2sc3c(c2C(=O)n2nc(C)cc2C)CCN(C)C3)cc1. The highest BCUT2D eigenvalue weighted by atomic mass is 32.2. The average Bonchev–Trinajstić information content (AvgIpc) is 3.37. The van der Waals surface area contributed by atoms with E-state index < -0.39 is 15.9 Å². The highest BCUT2D eigenvalue weighted by molar-refractivity contribution is 7.89. The van der Waals surface area contributed by atoms with Crippen LogP contribution in [0.2, 0.25) is 0 Å². The standard InChI is InChI=1S/C25H31N5O4S2/c1-6-29(7-2)36(33,34)19-10-8-18(9-11-19)23(31)26-24-22(20-12-13-28(5)15-21(20)35-24)25(32)30-17(4)14-16(3)27-30/h8-11,14H,6-7,12-13,15H2,1-5H3,(H,26,31). The van der Waals surface area contributed by atoms with E-state index >= 15 is 0 Å². The Hall–Kier alpha value is -2.86. The summed E-state index contributed by atoms with van der Waals surface area (Å²) in [4.78, 5) is 30.1. The average molecular weight is 530 g/mol. The van der Waals surface area contributed by atoms with Crippen LogP contribution in [0.3, 0.4) is 0 Å². The van der Waals surface area contributed by atoms with Crippen LogP contribution in [0.4, 0.5) is 5.00 Å². The van der Waals surface area contributed by atoms with Crippen LogP contribution in [0.1, 0.15) is 56.4 Å². The van der Waals surface area contributed by atoms with Crippen molar-refractivity contribution in [2.75, 3.05) is 32.0 Å². The van der Waals surface area contributed by atoms with Crippen LogP contribution in [-0.2, 0) is 23.0 Å². The van der Waals surface area contributed by atoms with Gasteiger partial charge in [0.1, 0.15) is 5.00 Å². The molecule has 0 atom stereocenters. The van der Waals surface area contributed by atoms with E-state index in [1.54, 1.807) is 13.8 Å². The monoisotopic (exact) mass is 529 g/mol. The largest absolute Gasteiger partial charge is 0.313 e. The molecule has 36 heavy (non-hydrogen) atoms. The van der Waals surface area contributed by atoms with Crippen molar-refractivity contribution in [3.8, 4) is 0 Å². The molecule has 1 N–H and O–H groups in total. The van der Waals surface area contributed by atoms with Gasteiger partial charge in [-0.15, -0.1) is 11.3 Å². The molecule has 0 radical (unpaired) electrons. The van der Waals surface area contributed by atoms with Crippen molar-refractivity contribution in [1.82, 2.24) is 19.0 Å². The molecule has 0 bridgehead atoms. The molecule has 1 amide bonds.